The molecular formula is C19H36N2S3. The van der Waals surface area contributed by atoms with Crippen LogP contribution in [0, 0.1) is 16.6 Å². The molecule has 1 aromatic rings. The molecule has 0 saturated carbocycles. The number of thiol groups is 2. The highest BCUT2D eigenvalue weighted by molar-refractivity contribution is 7.83. The molecule has 140 valence electrons. The maximum atomic E-state index is 5.79. The highest BCUT2D eigenvalue weighted by Crippen LogP contribution is 2.27. The summed E-state index contributed by atoms with van der Waals surface area (Å²) in [7, 11) is 0. The Hall–Kier alpha value is 0.130. The van der Waals surface area contributed by atoms with E-state index >= 15 is 0 Å². The molecule has 1 rings (SSSR count). The normalized spacial score (nSPS) is 14.1. The van der Waals surface area contributed by atoms with Gasteiger partial charge in [-0.25, -0.2) is 0 Å². The third-order valence-electron chi connectivity index (χ3n) is 5.14. The molecule has 0 aliphatic rings. The van der Waals surface area contributed by atoms with Gasteiger partial charge in [-0.3, -0.25) is 0 Å². The average molecular weight is 389 g/mol. The first-order chi connectivity index (χ1) is 11.5. The van der Waals surface area contributed by atoms with E-state index in [4.69, 9.17) is 37.5 Å². The van der Waals surface area contributed by atoms with Gasteiger partial charge in [0.25, 0.3) is 0 Å². The number of hydrogen-bond donors (Lipinski definition) is 2. The smallest absolute Gasteiger partial charge is 0.181 e. The lowest BCUT2D eigenvalue weighted by atomic mass is 9.99. The molecule has 0 saturated heterocycles. The molecule has 0 aromatic carbocycles. The Kier molecular flexibility index (Phi) is 10.8. The Morgan fingerprint density at radius 2 is 1.17 bits per heavy atom. The van der Waals surface area contributed by atoms with Gasteiger partial charge in [0.05, 0.1) is 0 Å². The lowest BCUT2D eigenvalue weighted by Crippen LogP contribution is -2.13. The van der Waals surface area contributed by atoms with E-state index in [1.807, 2.05) is 0 Å². The van der Waals surface area contributed by atoms with E-state index in [0.717, 1.165) is 27.9 Å². The van der Waals surface area contributed by atoms with Crippen LogP contribution in [0.1, 0.15) is 79.1 Å². The highest BCUT2D eigenvalue weighted by Gasteiger charge is 2.18. The Bertz CT molecular complexity index is 489. The summed E-state index contributed by atoms with van der Waals surface area (Å²) in [5.41, 5.74) is 0. The van der Waals surface area contributed by atoms with E-state index in [-0.39, 0.29) is 0 Å². The van der Waals surface area contributed by atoms with Crippen molar-refractivity contribution in [3.63, 3.8) is 0 Å². The average Bonchev–Trinajstić information content (AvgIpc) is 2.78. The van der Waals surface area contributed by atoms with Gasteiger partial charge >= 0.3 is 0 Å². The second-order valence-corrected chi connectivity index (χ2v) is 8.20. The number of nitrogens with zero attached hydrogens (tertiary/aromatic N) is 2. The predicted octanol–water partition coefficient (Wildman–Crippen LogP) is 7.03. The maximum Gasteiger partial charge on any atom is 0.181 e. The molecule has 0 bridgehead atoms. The molecule has 0 radical (unpaired) electrons. The summed E-state index contributed by atoms with van der Waals surface area (Å²) in [6, 6.07) is 0. The molecule has 0 aliphatic carbocycles. The van der Waals surface area contributed by atoms with Crippen LogP contribution >= 0.6 is 37.5 Å². The van der Waals surface area contributed by atoms with Crippen LogP contribution in [0.5, 0.6) is 0 Å². The zero-order chi connectivity index (χ0) is 18.1. The van der Waals surface area contributed by atoms with Crippen LogP contribution in [-0.2, 0) is 13.1 Å². The van der Waals surface area contributed by atoms with Gasteiger partial charge in [-0.2, -0.15) is 0 Å². The summed E-state index contributed by atoms with van der Waals surface area (Å²) in [4.78, 5) is 0. The highest BCUT2D eigenvalue weighted by atomic mass is 32.1. The summed E-state index contributed by atoms with van der Waals surface area (Å²) in [6.07, 6.45) is 10.0. The molecule has 0 amide bonds. The summed E-state index contributed by atoms with van der Waals surface area (Å²) >= 11 is 15.2. The van der Waals surface area contributed by atoms with Crippen LogP contribution in [0.25, 0.3) is 0 Å². The Morgan fingerprint density at radius 1 is 0.792 bits per heavy atom. The van der Waals surface area contributed by atoms with Gasteiger partial charge < -0.3 is 9.13 Å². The van der Waals surface area contributed by atoms with E-state index in [9.17, 15) is 0 Å². The third-order valence-corrected chi connectivity index (χ3v) is 6.66. The van der Waals surface area contributed by atoms with Crippen molar-refractivity contribution in [1.82, 2.24) is 9.13 Å². The van der Waals surface area contributed by atoms with Gasteiger partial charge in [0, 0.05) is 13.1 Å². The topological polar surface area (TPSA) is 9.86 Å². The van der Waals surface area contributed by atoms with Crippen LogP contribution in [0.4, 0.5) is 0 Å². The van der Waals surface area contributed by atoms with Crippen molar-refractivity contribution in [1.29, 1.82) is 0 Å². The summed E-state index contributed by atoms with van der Waals surface area (Å²) < 4.78 is 5.31. The largest absolute Gasteiger partial charge is 0.311 e. The number of rotatable bonds is 12. The molecular weight excluding hydrogens is 352 g/mol. The quantitative estimate of drug-likeness (QED) is 0.289. The number of unbranched alkanes of at least 4 members (excludes halogenated alkanes) is 2. The second kappa shape index (κ2) is 11.7. The van der Waals surface area contributed by atoms with Crippen molar-refractivity contribution in [3.05, 3.63) is 4.77 Å². The Balaban J connectivity index is 2.95. The van der Waals surface area contributed by atoms with Crippen molar-refractivity contribution >= 4 is 37.5 Å². The molecule has 2 atom stereocenters. The first-order valence-corrected chi connectivity index (χ1v) is 11.0. The zero-order valence-electron chi connectivity index (χ0n) is 15.9. The molecule has 24 heavy (non-hydrogen) atoms. The minimum atomic E-state index is 0.674. The lowest BCUT2D eigenvalue weighted by molar-refractivity contribution is 0.364. The summed E-state index contributed by atoms with van der Waals surface area (Å²) in [6.45, 7) is 11.0. The minimum absolute atomic E-state index is 0.674. The van der Waals surface area contributed by atoms with Crippen molar-refractivity contribution in [2.75, 3.05) is 0 Å². The molecule has 0 spiro atoms. The van der Waals surface area contributed by atoms with E-state index in [2.05, 4.69) is 36.8 Å². The van der Waals surface area contributed by atoms with Crippen molar-refractivity contribution in [2.24, 2.45) is 11.8 Å². The zero-order valence-corrected chi connectivity index (χ0v) is 18.5. The molecule has 2 unspecified atom stereocenters. The summed E-state index contributed by atoms with van der Waals surface area (Å²) in [5.74, 6) is 1.35. The molecule has 5 heteroatoms. The molecule has 2 nitrogen and oxygen atoms in total. The van der Waals surface area contributed by atoms with Crippen molar-refractivity contribution < 1.29 is 0 Å². The maximum absolute atomic E-state index is 5.79. The summed E-state index contributed by atoms with van der Waals surface area (Å²) in [5, 5.41) is 1.87. The second-order valence-electron chi connectivity index (χ2n) is 6.98. The van der Waals surface area contributed by atoms with Crippen LogP contribution in [-0.4, -0.2) is 9.13 Å². The van der Waals surface area contributed by atoms with Crippen LogP contribution in [0.15, 0.2) is 10.1 Å². The van der Waals surface area contributed by atoms with Gasteiger partial charge in [-0.05, 0) is 36.9 Å². The van der Waals surface area contributed by atoms with Gasteiger partial charge in [-0.15, -0.1) is 25.3 Å². The van der Waals surface area contributed by atoms with E-state index in [0.29, 0.717) is 11.8 Å². The number of imidazole rings is 1. The fraction of sp³-hybridized carbons (Fsp3) is 0.842. The van der Waals surface area contributed by atoms with Crippen molar-refractivity contribution in [3.8, 4) is 0 Å². The fourth-order valence-electron chi connectivity index (χ4n) is 3.25. The van der Waals surface area contributed by atoms with E-state index < -0.39 is 0 Å². The number of aromatic nitrogens is 2. The molecule has 0 fully saturated rings. The number of hydrogen-bond acceptors (Lipinski definition) is 3. The van der Waals surface area contributed by atoms with E-state index in [1.54, 1.807) is 0 Å². The molecule has 0 aliphatic heterocycles. The molecule has 1 heterocycles. The van der Waals surface area contributed by atoms with E-state index in [1.165, 1.54) is 51.4 Å². The lowest BCUT2D eigenvalue weighted by Gasteiger charge is -2.17. The van der Waals surface area contributed by atoms with Crippen molar-refractivity contribution in [2.45, 2.75) is 102 Å². The Labute approximate surface area is 165 Å². The van der Waals surface area contributed by atoms with Crippen LogP contribution < -0.4 is 0 Å². The first-order valence-electron chi connectivity index (χ1n) is 9.71. The molecule has 1 aromatic heterocycles. The standard InChI is InChI=1S/C19H36N2S3/c1-5-9-11-15(7-3)13-20-17(22)18(23)21(19(20)24)14-16(8-4)12-10-6-2/h15-16,22-23H,5-14H2,1-4H3. The van der Waals surface area contributed by atoms with Gasteiger partial charge in [0.15, 0.2) is 4.77 Å². The molecule has 0 N–H and O–H groups in total. The minimum Gasteiger partial charge on any atom is -0.311 e. The Morgan fingerprint density at radius 3 is 1.46 bits per heavy atom. The van der Waals surface area contributed by atoms with Crippen LogP contribution in [0.2, 0.25) is 0 Å². The van der Waals surface area contributed by atoms with Gasteiger partial charge in [-0.1, -0.05) is 66.2 Å². The monoisotopic (exact) mass is 388 g/mol. The fourth-order valence-corrected chi connectivity index (χ4v) is 4.31. The predicted molar refractivity (Wildman–Crippen MR) is 114 cm³/mol. The third kappa shape index (κ3) is 6.14. The SMILES string of the molecule is CCCCC(CC)Cn1c(S)c(S)n(CC(CC)CCCC)c1=S. The van der Waals surface area contributed by atoms with Gasteiger partial charge in [0.2, 0.25) is 0 Å². The first kappa shape index (κ1) is 22.2. The van der Waals surface area contributed by atoms with Crippen LogP contribution in [0.3, 0.4) is 0 Å². The van der Waals surface area contributed by atoms with Gasteiger partial charge in [0.1, 0.15) is 10.1 Å².